The lowest BCUT2D eigenvalue weighted by molar-refractivity contribution is 0.0836. The van der Waals surface area contributed by atoms with Gasteiger partial charge in [0.15, 0.2) is 0 Å². The molecular weight excluding hydrogens is 198 g/mol. The van der Waals surface area contributed by atoms with Gasteiger partial charge in [0.05, 0.1) is 12.1 Å². The Labute approximate surface area is 99.0 Å². The summed E-state index contributed by atoms with van der Waals surface area (Å²) in [7, 11) is 1.76. The van der Waals surface area contributed by atoms with Gasteiger partial charge in [0.2, 0.25) is 0 Å². The molecule has 1 N–H and O–H groups in total. The van der Waals surface area contributed by atoms with E-state index in [-0.39, 0.29) is 12.1 Å². The highest BCUT2D eigenvalue weighted by Gasteiger charge is 2.17. The summed E-state index contributed by atoms with van der Waals surface area (Å²) in [4.78, 5) is 0. The normalized spacial score (nSPS) is 14.8. The second-order valence-corrected chi connectivity index (χ2v) is 4.07. The number of nitrogens with one attached hydrogen (secondary N) is 1. The van der Waals surface area contributed by atoms with Crippen LogP contribution in [0.3, 0.4) is 0 Å². The maximum atomic E-state index is 5.41. The van der Waals surface area contributed by atoms with Gasteiger partial charge >= 0.3 is 0 Å². The van der Waals surface area contributed by atoms with Crippen molar-refractivity contribution in [3.05, 3.63) is 35.4 Å². The Morgan fingerprint density at radius 1 is 1.19 bits per heavy atom. The molecule has 0 aliphatic rings. The standard InChI is InChI=1S/C14H23NO/c1-5-12-7-9-13(10-8-12)14(15-6-2)11(3)16-4/h7-11,14-15H,5-6H2,1-4H3. The minimum atomic E-state index is 0.187. The zero-order valence-corrected chi connectivity index (χ0v) is 10.8. The van der Waals surface area contributed by atoms with Gasteiger partial charge in [-0.25, -0.2) is 0 Å². The second kappa shape index (κ2) is 6.66. The summed E-state index contributed by atoms with van der Waals surface area (Å²) in [6, 6.07) is 9.06. The first-order valence-corrected chi connectivity index (χ1v) is 6.07. The highest BCUT2D eigenvalue weighted by molar-refractivity contribution is 5.25. The molecule has 0 aromatic heterocycles. The molecule has 16 heavy (non-hydrogen) atoms. The van der Waals surface area contributed by atoms with E-state index in [1.54, 1.807) is 7.11 Å². The molecule has 0 fully saturated rings. The molecule has 1 aromatic carbocycles. The average Bonchev–Trinajstić information content (AvgIpc) is 2.35. The Balaban J connectivity index is 2.83. The lowest BCUT2D eigenvalue weighted by Crippen LogP contribution is -2.31. The largest absolute Gasteiger partial charge is 0.380 e. The topological polar surface area (TPSA) is 21.3 Å². The van der Waals surface area contributed by atoms with E-state index < -0.39 is 0 Å². The monoisotopic (exact) mass is 221 g/mol. The molecule has 0 aliphatic carbocycles. The van der Waals surface area contributed by atoms with Gasteiger partial charge < -0.3 is 10.1 Å². The predicted molar refractivity (Wildman–Crippen MR) is 68.7 cm³/mol. The number of hydrogen-bond donors (Lipinski definition) is 1. The molecule has 2 heteroatoms. The van der Waals surface area contributed by atoms with Crippen LogP contribution in [0.4, 0.5) is 0 Å². The van der Waals surface area contributed by atoms with Crippen LogP contribution in [0, 0.1) is 0 Å². The van der Waals surface area contributed by atoms with Crippen LogP contribution < -0.4 is 5.32 Å². The fourth-order valence-corrected chi connectivity index (χ4v) is 1.87. The van der Waals surface area contributed by atoms with Crippen LogP contribution in [0.5, 0.6) is 0 Å². The second-order valence-electron chi connectivity index (χ2n) is 4.07. The Hall–Kier alpha value is -0.860. The van der Waals surface area contributed by atoms with E-state index in [9.17, 15) is 0 Å². The number of aryl methyl sites for hydroxylation is 1. The summed E-state index contributed by atoms with van der Waals surface area (Å²) in [5.41, 5.74) is 2.68. The molecule has 90 valence electrons. The first-order valence-electron chi connectivity index (χ1n) is 6.07. The number of benzene rings is 1. The van der Waals surface area contributed by atoms with Gasteiger partial charge in [0, 0.05) is 7.11 Å². The molecule has 2 unspecified atom stereocenters. The molecule has 0 bridgehead atoms. The van der Waals surface area contributed by atoms with E-state index in [0.29, 0.717) is 0 Å². The first kappa shape index (κ1) is 13.2. The van der Waals surface area contributed by atoms with Gasteiger partial charge in [-0.2, -0.15) is 0 Å². The van der Waals surface area contributed by atoms with E-state index in [1.807, 2.05) is 0 Å². The molecule has 0 amide bonds. The molecule has 0 aliphatic heterocycles. The Morgan fingerprint density at radius 3 is 2.25 bits per heavy atom. The van der Waals surface area contributed by atoms with Gasteiger partial charge in [-0.3, -0.25) is 0 Å². The number of ether oxygens (including phenoxy) is 1. The first-order chi connectivity index (χ1) is 7.72. The van der Waals surface area contributed by atoms with Crippen molar-refractivity contribution in [2.75, 3.05) is 13.7 Å². The fraction of sp³-hybridized carbons (Fsp3) is 0.571. The molecular formula is C14H23NO. The van der Waals surface area contributed by atoms with Crippen LogP contribution in [0.25, 0.3) is 0 Å². The molecule has 0 spiro atoms. The van der Waals surface area contributed by atoms with Crippen LogP contribution in [-0.4, -0.2) is 19.8 Å². The highest BCUT2D eigenvalue weighted by Crippen LogP contribution is 2.19. The van der Waals surface area contributed by atoms with Crippen molar-refractivity contribution in [1.82, 2.24) is 5.32 Å². The lowest BCUT2D eigenvalue weighted by Gasteiger charge is -2.24. The van der Waals surface area contributed by atoms with Crippen LogP contribution in [0.2, 0.25) is 0 Å². The summed E-state index contributed by atoms with van der Waals surface area (Å²) < 4.78 is 5.41. The van der Waals surface area contributed by atoms with E-state index in [2.05, 4.69) is 50.4 Å². The summed E-state index contributed by atoms with van der Waals surface area (Å²) in [5.74, 6) is 0. The zero-order chi connectivity index (χ0) is 12.0. The van der Waals surface area contributed by atoms with Crippen molar-refractivity contribution in [2.24, 2.45) is 0 Å². The third-order valence-electron chi connectivity index (χ3n) is 3.01. The van der Waals surface area contributed by atoms with Crippen molar-refractivity contribution in [2.45, 2.75) is 39.3 Å². The van der Waals surface area contributed by atoms with Gasteiger partial charge in [-0.1, -0.05) is 38.1 Å². The van der Waals surface area contributed by atoms with Crippen LogP contribution >= 0.6 is 0 Å². The van der Waals surface area contributed by atoms with Crippen molar-refractivity contribution in [3.8, 4) is 0 Å². The van der Waals surface area contributed by atoms with E-state index >= 15 is 0 Å². The summed E-state index contributed by atoms with van der Waals surface area (Å²) in [6.45, 7) is 7.35. The number of methoxy groups -OCH3 is 1. The van der Waals surface area contributed by atoms with Crippen molar-refractivity contribution >= 4 is 0 Å². The van der Waals surface area contributed by atoms with E-state index in [4.69, 9.17) is 4.74 Å². The lowest BCUT2D eigenvalue weighted by atomic mass is 10.00. The third kappa shape index (κ3) is 3.32. The fourth-order valence-electron chi connectivity index (χ4n) is 1.87. The predicted octanol–water partition coefficient (Wildman–Crippen LogP) is 2.93. The summed E-state index contributed by atoms with van der Waals surface area (Å²) in [5, 5.41) is 3.46. The Morgan fingerprint density at radius 2 is 1.81 bits per heavy atom. The molecule has 2 nitrogen and oxygen atoms in total. The number of hydrogen-bond acceptors (Lipinski definition) is 2. The van der Waals surface area contributed by atoms with Crippen LogP contribution in [-0.2, 0) is 11.2 Å². The van der Waals surface area contributed by atoms with Gasteiger partial charge in [-0.05, 0) is 31.0 Å². The molecule has 0 saturated heterocycles. The van der Waals surface area contributed by atoms with Crippen LogP contribution in [0.15, 0.2) is 24.3 Å². The average molecular weight is 221 g/mol. The molecule has 2 atom stereocenters. The van der Waals surface area contributed by atoms with Crippen molar-refractivity contribution < 1.29 is 4.74 Å². The molecule has 0 saturated carbocycles. The maximum Gasteiger partial charge on any atom is 0.0737 e. The maximum absolute atomic E-state index is 5.41. The molecule has 1 rings (SSSR count). The van der Waals surface area contributed by atoms with E-state index in [1.165, 1.54) is 11.1 Å². The van der Waals surface area contributed by atoms with Crippen molar-refractivity contribution in [1.29, 1.82) is 0 Å². The van der Waals surface area contributed by atoms with Crippen LogP contribution in [0.1, 0.15) is 37.9 Å². The highest BCUT2D eigenvalue weighted by atomic mass is 16.5. The van der Waals surface area contributed by atoms with Gasteiger partial charge in [0.25, 0.3) is 0 Å². The minimum Gasteiger partial charge on any atom is -0.380 e. The van der Waals surface area contributed by atoms with Gasteiger partial charge in [-0.15, -0.1) is 0 Å². The Kier molecular flexibility index (Phi) is 5.50. The molecule has 0 heterocycles. The minimum absolute atomic E-state index is 0.187. The number of rotatable bonds is 6. The van der Waals surface area contributed by atoms with E-state index in [0.717, 1.165) is 13.0 Å². The smallest absolute Gasteiger partial charge is 0.0737 e. The molecule has 0 radical (unpaired) electrons. The quantitative estimate of drug-likeness (QED) is 0.797. The summed E-state index contributed by atoms with van der Waals surface area (Å²) in [6.07, 6.45) is 1.28. The third-order valence-corrected chi connectivity index (χ3v) is 3.01. The molecule has 1 aromatic rings. The SMILES string of the molecule is CCNC(c1ccc(CC)cc1)C(C)OC. The Bertz CT molecular complexity index is 294. The zero-order valence-electron chi connectivity index (χ0n) is 10.8. The number of likely N-dealkylation sites (N-methyl/N-ethyl adjacent to an activating group) is 1. The van der Waals surface area contributed by atoms with Gasteiger partial charge in [0.1, 0.15) is 0 Å². The van der Waals surface area contributed by atoms with Crippen molar-refractivity contribution in [3.63, 3.8) is 0 Å². The summed E-state index contributed by atoms with van der Waals surface area (Å²) >= 11 is 0.